The highest BCUT2D eigenvalue weighted by Gasteiger charge is 2.37. The van der Waals surface area contributed by atoms with Crippen molar-refractivity contribution >= 4 is 22.7 Å². The van der Waals surface area contributed by atoms with Gasteiger partial charge in [0.2, 0.25) is 5.75 Å². The molecule has 0 aliphatic carbocycles. The second-order valence-corrected chi connectivity index (χ2v) is 2.80. The van der Waals surface area contributed by atoms with E-state index >= 15 is 0 Å². The molecular weight excluding hydrogens is 240 g/mol. The molecule has 0 radical (unpaired) electrons. The van der Waals surface area contributed by atoms with E-state index in [2.05, 4.69) is 0 Å². The van der Waals surface area contributed by atoms with Crippen molar-refractivity contribution in [3.8, 4) is 5.75 Å². The fourth-order valence-corrected chi connectivity index (χ4v) is 1.16. The maximum atomic E-state index is 10.6. The predicted molar refractivity (Wildman–Crippen MR) is 52.5 cm³/mol. The Balaban J connectivity index is 3.78. The van der Waals surface area contributed by atoms with Crippen LogP contribution in [-0.4, -0.2) is 19.9 Å². The van der Waals surface area contributed by atoms with E-state index < -0.39 is 43.3 Å². The summed E-state index contributed by atoms with van der Waals surface area (Å²) in [5.41, 5.74) is 0.556. The number of hydrogen-bond acceptors (Lipinski definition) is 8. The SMILES string of the molecule is Nc1c([N+](=O)[O-])cc(O)c([N+](=O)[O-])c1[N+](=O)[O-]. The Morgan fingerprint density at radius 3 is 1.82 bits per heavy atom. The molecule has 0 aliphatic heterocycles. The lowest BCUT2D eigenvalue weighted by atomic mass is 10.2. The van der Waals surface area contributed by atoms with E-state index in [4.69, 9.17) is 10.8 Å². The minimum atomic E-state index is -1.30. The molecule has 0 saturated heterocycles. The third-order valence-electron chi connectivity index (χ3n) is 1.83. The van der Waals surface area contributed by atoms with Crippen molar-refractivity contribution in [2.45, 2.75) is 0 Å². The van der Waals surface area contributed by atoms with Gasteiger partial charge in [-0.05, 0) is 0 Å². The first-order valence-corrected chi connectivity index (χ1v) is 3.86. The molecule has 11 heteroatoms. The van der Waals surface area contributed by atoms with E-state index in [1.807, 2.05) is 0 Å². The van der Waals surface area contributed by atoms with E-state index in [0.717, 1.165) is 0 Å². The van der Waals surface area contributed by atoms with Gasteiger partial charge in [0.15, 0.2) is 5.69 Å². The Kier molecular flexibility index (Phi) is 2.76. The summed E-state index contributed by atoms with van der Waals surface area (Å²) in [4.78, 5) is 27.9. The van der Waals surface area contributed by atoms with Crippen molar-refractivity contribution in [1.82, 2.24) is 0 Å². The summed E-state index contributed by atoms with van der Waals surface area (Å²) < 4.78 is 0. The van der Waals surface area contributed by atoms with Crippen LogP contribution in [0.5, 0.6) is 5.75 Å². The van der Waals surface area contributed by atoms with Gasteiger partial charge in [-0.2, -0.15) is 0 Å². The second-order valence-electron chi connectivity index (χ2n) is 2.80. The van der Waals surface area contributed by atoms with Crippen molar-refractivity contribution in [3.05, 3.63) is 36.4 Å². The van der Waals surface area contributed by atoms with Gasteiger partial charge < -0.3 is 10.8 Å². The van der Waals surface area contributed by atoms with Crippen molar-refractivity contribution in [3.63, 3.8) is 0 Å². The maximum Gasteiger partial charge on any atom is 0.389 e. The van der Waals surface area contributed by atoms with Gasteiger partial charge in [0.05, 0.1) is 20.8 Å². The van der Waals surface area contributed by atoms with Crippen LogP contribution in [0.4, 0.5) is 22.7 Å². The zero-order chi connectivity index (χ0) is 13.3. The van der Waals surface area contributed by atoms with Gasteiger partial charge in [-0.1, -0.05) is 0 Å². The standard InChI is InChI=1S/C6H4N4O7/c7-4-2(8(12)13)1-3(11)5(9(14)15)6(4)10(16)17/h1,11H,7H2. The average Bonchev–Trinajstić information content (AvgIpc) is 2.18. The van der Waals surface area contributed by atoms with Crippen LogP contribution in [0.25, 0.3) is 0 Å². The van der Waals surface area contributed by atoms with Crippen LogP contribution < -0.4 is 5.73 Å². The van der Waals surface area contributed by atoms with Gasteiger partial charge in [-0.25, -0.2) is 0 Å². The molecule has 11 nitrogen and oxygen atoms in total. The first-order valence-electron chi connectivity index (χ1n) is 3.86. The number of benzene rings is 1. The number of phenols is 1. The Bertz CT molecular complexity index is 540. The number of nitro benzene ring substituents is 3. The summed E-state index contributed by atoms with van der Waals surface area (Å²) >= 11 is 0. The van der Waals surface area contributed by atoms with E-state index in [0.29, 0.717) is 6.07 Å². The molecule has 0 spiro atoms. The molecule has 17 heavy (non-hydrogen) atoms. The zero-order valence-electron chi connectivity index (χ0n) is 7.89. The molecule has 1 aromatic rings. The summed E-state index contributed by atoms with van der Waals surface area (Å²) in [6, 6.07) is 0.389. The molecule has 0 heterocycles. The van der Waals surface area contributed by atoms with Gasteiger partial charge in [-0.3, -0.25) is 30.3 Å². The van der Waals surface area contributed by atoms with E-state index in [1.165, 1.54) is 0 Å². The first-order chi connectivity index (χ1) is 7.77. The Labute approximate surface area is 91.5 Å². The van der Waals surface area contributed by atoms with Crippen LogP contribution in [0.15, 0.2) is 6.07 Å². The summed E-state index contributed by atoms with van der Waals surface area (Å²) in [7, 11) is 0. The fourth-order valence-electron chi connectivity index (χ4n) is 1.16. The van der Waals surface area contributed by atoms with Crippen LogP contribution in [0.1, 0.15) is 0 Å². The molecule has 0 atom stereocenters. The van der Waals surface area contributed by atoms with Gasteiger partial charge in [0.1, 0.15) is 0 Å². The highest BCUT2D eigenvalue weighted by atomic mass is 16.6. The number of hydrogen-bond donors (Lipinski definition) is 2. The maximum absolute atomic E-state index is 10.6. The first kappa shape index (κ1) is 12.1. The minimum Gasteiger partial charge on any atom is -0.502 e. The van der Waals surface area contributed by atoms with E-state index in [9.17, 15) is 30.3 Å². The lowest BCUT2D eigenvalue weighted by Crippen LogP contribution is -2.04. The van der Waals surface area contributed by atoms with Gasteiger partial charge in [0, 0.05) is 0 Å². The topological polar surface area (TPSA) is 176 Å². The molecule has 0 amide bonds. The summed E-state index contributed by atoms with van der Waals surface area (Å²) in [5.74, 6) is -1.19. The number of nitrogen functional groups attached to an aromatic ring is 1. The van der Waals surface area contributed by atoms with Crippen molar-refractivity contribution in [1.29, 1.82) is 0 Å². The zero-order valence-corrected chi connectivity index (χ0v) is 7.89. The van der Waals surface area contributed by atoms with Crippen LogP contribution in [0.2, 0.25) is 0 Å². The minimum absolute atomic E-state index is 0.389. The quantitative estimate of drug-likeness (QED) is 0.337. The number of nitrogens with two attached hydrogens (primary N) is 1. The lowest BCUT2D eigenvalue weighted by molar-refractivity contribution is -0.424. The molecular formula is C6H4N4O7. The number of nitro groups is 3. The molecule has 0 aliphatic rings. The molecule has 3 N–H and O–H groups in total. The molecule has 0 fully saturated rings. The molecule has 0 saturated carbocycles. The number of phenolic OH excluding ortho intramolecular Hbond substituents is 1. The Morgan fingerprint density at radius 2 is 1.47 bits per heavy atom. The highest BCUT2D eigenvalue weighted by Crippen LogP contribution is 2.45. The number of nitrogens with zero attached hydrogens (tertiary/aromatic N) is 3. The largest absolute Gasteiger partial charge is 0.502 e. The predicted octanol–water partition coefficient (Wildman–Crippen LogP) is 0.699. The van der Waals surface area contributed by atoms with Crippen LogP contribution in [0.3, 0.4) is 0 Å². The van der Waals surface area contributed by atoms with Crippen LogP contribution in [-0.2, 0) is 0 Å². The molecule has 0 unspecified atom stereocenters. The second kappa shape index (κ2) is 3.88. The molecule has 1 aromatic carbocycles. The van der Waals surface area contributed by atoms with Gasteiger partial charge >= 0.3 is 17.1 Å². The highest BCUT2D eigenvalue weighted by molar-refractivity contribution is 5.82. The van der Waals surface area contributed by atoms with Crippen molar-refractivity contribution < 1.29 is 19.9 Å². The Hall–Kier alpha value is -2.98. The summed E-state index contributed by atoms with van der Waals surface area (Å²) in [5, 5.41) is 40.7. The molecule has 0 bridgehead atoms. The number of anilines is 1. The smallest absolute Gasteiger partial charge is 0.389 e. The summed E-state index contributed by atoms with van der Waals surface area (Å²) in [6.07, 6.45) is 0. The van der Waals surface area contributed by atoms with Crippen molar-refractivity contribution in [2.75, 3.05) is 5.73 Å². The third kappa shape index (κ3) is 1.88. The van der Waals surface area contributed by atoms with Gasteiger partial charge in [0.25, 0.3) is 0 Å². The lowest BCUT2D eigenvalue weighted by Gasteiger charge is -2.01. The fraction of sp³-hybridized carbons (Fsp3) is 0. The van der Waals surface area contributed by atoms with Gasteiger partial charge in [-0.15, -0.1) is 0 Å². The van der Waals surface area contributed by atoms with E-state index in [-0.39, 0.29) is 0 Å². The Morgan fingerprint density at radius 1 is 1.00 bits per heavy atom. The number of rotatable bonds is 3. The average molecular weight is 244 g/mol. The van der Waals surface area contributed by atoms with Crippen LogP contribution >= 0.6 is 0 Å². The molecule has 1 rings (SSSR count). The van der Waals surface area contributed by atoms with Crippen molar-refractivity contribution in [2.24, 2.45) is 0 Å². The normalized spacial score (nSPS) is 9.88. The summed E-state index contributed by atoms with van der Waals surface area (Å²) in [6.45, 7) is 0. The molecule has 0 aromatic heterocycles. The number of aromatic hydroxyl groups is 1. The van der Waals surface area contributed by atoms with E-state index in [1.54, 1.807) is 0 Å². The third-order valence-corrected chi connectivity index (χ3v) is 1.83. The van der Waals surface area contributed by atoms with Crippen LogP contribution in [0, 0.1) is 30.3 Å². The molecule has 90 valence electrons. The monoisotopic (exact) mass is 244 g/mol.